The Bertz CT molecular complexity index is 244. The molecule has 0 aromatic carbocycles. The van der Waals surface area contributed by atoms with Gasteiger partial charge in [-0.3, -0.25) is 4.79 Å². The van der Waals surface area contributed by atoms with Gasteiger partial charge in [-0.1, -0.05) is 20.8 Å². The van der Waals surface area contributed by atoms with Gasteiger partial charge in [0, 0.05) is 0 Å². The first-order valence-electron chi connectivity index (χ1n) is 5.19. The maximum Gasteiger partial charge on any atom is 0.307 e. The number of carbonyl (C=O) groups is 1. The van der Waals surface area contributed by atoms with Gasteiger partial charge in [-0.25, -0.2) is 0 Å². The molecule has 2 rings (SSSR count). The average Bonchev–Trinajstić information content (AvgIpc) is 2.37. The van der Waals surface area contributed by atoms with E-state index in [0.29, 0.717) is 17.8 Å². The second-order valence-corrected chi connectivity index (χ2v) is 5.33. The molecule has 2 bridgehead atoms. The van der Waals surface area contributed by atoms with Gasteiger partial charge in [-0.05, 0) is 36.0 Å². The molecule has 2 heteroatoms. The molecule has 0 spiro atoms. The second kappa shape index (κ2) is 2.49. The highest BCUT2D eigenvalue weighted by molar-refractivity contribution is 5.71. The van der Waals surface area contributed by atoms with E-state index in [4.69, 9.17) is 5.11 Å². The maximum absolute atomic E-state index is 11.1. The third-order valence-corrected chi connectivity index (χ3v) is 4.62. The van der Waals surface area contributed by atoms with E-state index in [2.05, 4.69) is 20.8 Å². The first-order valence-corrected chi connectivity index (χ1v) is 5.19. The molecule has 0 radical (unpaired) electrons. The van der Waals surface area contributed by atoms with Crippen LogP contribution in [0.2, 0.25) is 0 Å². The standard InChI is InChI=1S/C11H18O2/c1-6-7-4-5-8(11(7,2)3)9(6)10(12)13/h6-9H,4-5H2,1-3H3,(H,12,13). The molecule has 0 heterocycles. The zero-order valence-electron chi connectivity index (χ0n) is 8.58. The van der Waals surface area contributed by atoms with Crippen molar-refractivity contribution in [3.8, 4) is 0 Å². The Hall–Kier alpha value is -0.530. The molecule has 1 N–H and O–H groups in total. The van der Waals surface area contributed by atoms with E-state index in [-0.39, 0.29) is 11.3 Å². The summed E-state index contributed by atoms with van der Waals surface area (Å²) < 4.78 is 0. The van der Waals surface area contributed by atoms with Crippen molar-refractivity contribution in [3.63, 3.8) is 0 Å². The van der Waals surface area contributed by atoms with Gasteiger partial charge in [0.1, 0.15) is 0 Å². The molecule has 74 valence electrons. The Morgan fingerprint density at radius 3 is 2.15 bits per heavy atom. The van der Waals surface area contributed by atoms with Crippen LogP contribution in [0, 0.1) is 29.1 Å². The lowest BCUT2D eigenvalue weighted by Gasteiger charge is -2.24. The maximum atomic E-state index is 11.1. The van der Waals surface area contributed by atoms with Crippen LogP contribution in [-0.2, 0) is 4.79 Å². The van der Waals surface area contributed by atoms with E-state index in [1.807, 2.05) is 0 Å². The summed E-state index contributed by atoms with van der Waals surface area (Å²) in [5.41, 5.74) is 0.266. The van der Waals surface area contributed by atoms with Crippen molar-refractivity contribution in [2.24, 2.45) is 29.1 Å². The van der Waals surface area contributed by atoms with Crippen molar-refractivity contribution < 1.29 is 9.90 Å². The fourth-order valence-corrected chi connectivity index (χ4v) is 3.97. The molecule has 2 nitrogen and oxygen atoms in total. The lowest BCUT2D eigenvalue weighted by Crippen LogP contribution is -2.27. The SMILES string of the molecule is CC1C(C(=O)O)C2CCC1C2(C)C. The Balaban J connectivity index is 2.33. The number of hydrogen-bond acceptors (Lipinski definition) is 1. The lowest BCUT2D eigenvalue weighted by molar-refractivity contribution is -0.145. The van der Waals surface area contributed by atoms with Crippen molar-refractivity contribution in [1.29, 1.82) is 0 Å². The minimum Gasteiger partial charge on any atom is -0.481 e. The van der Waals surface area contributed by atoms with Crippen LogP contribution >= 0.6 is 0 Å². The largest absolute Gasteiger partial charge is 0.481 e. The van der Waals surface area contributed by atoms with E-state index in [9.17, 15) is 4.79 Å². The van der Waals surface area contributed by atoms with Crippen molar-refractivity contribution in [1.82, 2.24) is 0 Å². The highest BCUT2D eigenvalue weighted by Crippen LogP contribution is 2.62. The Labute approximate surface area is 79.3 Å². The summed E-state index contributed by atoms with van der Waals surface area (Å²) in [7, 11) is 0. The topological polar surface area (TPSA) is 37.3 Å². The molecule has 2 saturated carbocycles. The van der Waals surface area contributed by atoms with Gasteiger partial charge >= 0.3 is 5.97 Å². The van der Waals surface area contributed by atoms with E-state index in [1.165, 1.54) is 6.42 Å². The molecule has 2 aliphatic rings. The summed E-state index contributed by atoms with van der Waals surface area (Å²) >= 11 is 0. The summed E-state index contributed by atoms with van der Waals surface area (Å²) in [4.78, 5) is 11.1. The van der Waals surface area contributed by atoms with Gasteiger partial charge < -0.3 is 5.11 Å². The molecule has 0 aromatic heterocycles. The van der Waals surface area contributed by atoms with Crippen LogP contribution in [0.25, 0.3) is 0 Å². The van der Waals surface area contributed by atoms with E-state index < -0.39 is 5.97 Å². The number of rotatable bonds is 1. The minimum absolute atomic E-state index is 0.0752. The molecule has 0 saturated heterocycles. The van der Waals surface area contributed by atoms with Crippen molar-refractivity contribution >= 4 is 5.97 Å². The summed E-state index contributed by atoms with van der Waals surface area (Å²) in [6, 6.07) is 0. The summed E-state index contributed by atoms with van der Waals surface area (Å²) in [6.45, 7) is 6.61. The predicted octanol–water partition coefficient (Wildman–Crippen LogP) is 2.39. The second-order valence-electron chi connectivity index (χ2n) is 5.33. The minimum atomic E-state index is -0.576. The van der Waals surface area contributed by atoms with Crippen molar-refractivity contribution in [2.45, 2.75) is 33.6 Å². The van der Waals surface area contributed by atoms with Crippen LogP contribution in [0.3, 0.4) is 0 Å². The molecule has 13 heavy (non-hydrogen) atoms. The molecule has 2 aliphatic carbocycles. The van der Waals surface area contributed by atoms with Gasteiger partial charge in [0.15, 0.2) is 0 Å². The third-order valence-electron chi connectivity index (χ3n) is 4.62. The molecule has 4 unspecified atom stereocenters. The third kappa shape index (κ3) is 0.976. The number of hydrogen-bond donors (Lipinski definition) is 1. The van der Waals surface area contributed by atoms with E-state index >= 15 is 0 Å². The van der Waals surface area contributed by atoms with Gasteiger partial charge in [0.25, 0.3) is 0 Å². The van der Waals surface area contributed by atoms with Gasteiger partial charge in [0.2, 0.25) is 0 Å². The van der Waals surface area contributed by atoms with Gasteiger partial charge in [-0.15, -0.1) is 0 Å². The zero-order chi connectivity index (χ0) is 9.80. The fraction of sp³-hybridized carbons (Fsp3) is 0.909. The first-order chi connectivity index (χ1) is 5.96. The number of carboxylic acids is 1. The van der Waals surface area contributed by atoms with Crippen LogP contribution in [-0.4, -0.2) is 11.1 Å². The van der Waals surface area contributed by atoms with Crippen LogP contribution in [0.15, 0.2) is 0 Å². The quantitative estimate of drug-likeness (QED) is 0.676. The van der Waals surface area contributed by atoms with E-state index in [0.717, 1.165) is 6.42 Å². The summed E-state index contributed by atoms with van der Waals surface area (Å²) in [5, 5.41) is 9.14. The molecule has 0 aromatic rings. The monoisotopic (exact) mass is 182 g/mol. The van der Waals surface area contributed by atoms with Crippen LogP contribution in [0.5, 0.6) is 0 Å². The van der Waals surface area contributed by atoms with Crippen LogP contribution in [0.4, 0.5) is 0 Å². The Morgan fingerprint density at radius 2 is 1.85 bits per heavy atom. The summed E-state index contributed by atoms with van der Waals surface area (Å²) in [5.74, 6) is 0.788. The number of carboxylic acid groups (broad SMARTS) is 1. The number of aliphatic carboxylic acids is 1. The Morgan fingerprint density at radius 1 is 1.31 bits per heavy atom. The van der Waals surface area contributed by atoms with Crippen molar-refractivity contribution in [3.05, 3.63) is 0 Å². The van der Waals surface area contributed by atoms with Gasteiger partial charge in [-0.2, -0.15) is 0 Å². The van der Waals surface area contributed by atoms with E-state index in [1.54, 1.807) is 0 Å². The normalized spacial score (nSPS) is 46.7. The van der Waals surface area contributed by atoms with Crippen molar-refractivity contribution in [2.75, 3.05) is 0 Å². The summed E-state index contributed by atoms with van der Waals surface area (Å²) in [6.07, 6.45) is 2.36. The molecule has 4 atom stereocenters. The smallest absolute Gasteiger partial charge is 0.307 e. The molecule has 0 aliphatic heterocycles. The molecule has 2 fully saturated rings. The average molecular weight is 182 g/mol. The first kappa shape index (κ1) is 9.04. The Kier molecular flexibility index (Phi) is 1.73. The van der Waals surface area contributed by atoms with Crippen LogP contribution in [0.1, 0.15) is 33.6 Å². The lowest BCUT2D eigenvalue weighted by atomic mass is 9.80. The fourth-order valence-electron chi connectivity index (χ4n) is 3.97. The molecular weight excluding hydrogens is 164 g/mol. The molecular formula is C11H18O2. The molecule has 0 amide bonds. The zero-order valence-corrected chi connectivity index (χ0v) is 8.58. The predicted molar refractivity (Wildman–Crippen MR) is 50.3 cm³/mol. The number of fused-ring (bicyclic) bond motifs is 2. The highest BCUT2D eigenvalue weighted by Gasteiger charge is 2.59. The highest BCUT2D eigenvalue weighted by atomic mass is 16.4. The van der Waals surface area contributed by atoms with Crippen LogP contribution < -0.4 is 0 Å². The van der Waals surface area contributed by atoms with Gasteiger partial charge in [0.05, 0.1) is 5.92 Å².